The predicted molar refractivity (Wildman–Crippen MR) is 80.8 cm³/mol. The van der Waals surface area contributed by atoms with Crippen LogP contribution in [-0.2, 0) is 0 Å². The topological polar surface area (TPSA) is 25.8 Å². The van der Waals surface area contributed by atoms with Crippen molar-refractivity contribution in [1.29, 1.82) is 0 Å². The molecule has 0 aliphatic rings. The summed E-state index contributed by atoms with van der Waals surface area (Å²) in [6.07, 6.45) is 11.2. The average Bonchev–Trinajstić information content (AvgIpc) is 2.48. The molecule has 0 spiro atoms. The van der Waals surface area contributed by atoms with Gasteiger partial charge in [0.05, 0.1) is 0 Å². The monoisotopic (exact) mass is 306 g/mol. The zero-order valence-electron chi connectivity index (χ0n) is 10.7. The number of hydrogen-bond acceptors (Lipinski definition) is 2. The molecule has 2 rings (SSSR count). The second kappa shape index (κ2) is 9.77. The zero-order valence-corrected chi connectivity index (χ0v) is 12.3. The van der Waals surface area contributed by atoms with Crippen LogP contribution in [0.5, 0.6) is 0 Å². The molecular formula is C15H19BrN2. The minimum atomic E-state index is 1.17. The highest BCUT2D eigenvalue weighted by Crippen LogP contribution is 2.15. The number of aromatic nitrogens is 2. The molecule has 96 valence electrons. The molecule has 0 bridgehead atoms. The number of hydrogen-bond donors (Lipinski definition) is 0. The Morgan fingerprint density at radius 3 is 1.56 bits per heavy atom. The first-order chi connectivity index (χ1) is 8.88. The van der Waals surface area contributed by atoms with E-state index in [4.69, 9.17) is 0 Å². The summed E-state index contributed by atoms with van der Waals surface area (Å²) in [6, 6.07) is 7.93. The van der Waals surface area contributed by atoms with Gasteiger partial charge in [0, 0.05) is 30.1 Å². The van der Waals surface area contributed by atoms with Crippen molar-refractivity contribution in [1.82, 2.24) is 9.97 Å². The van der Waals surface area contributed by atoms with Gasteiger partial charge in [-0.3, -0.25) is 9.97 Å². The molecule has 0 saturated carbocycles. The quantitative estimate of drug-likeness (QED) is 0.603. The van der Waals surface area contributed by atoms with Crippen molar-refractivity contribution in [2.75, 3.05) is 5.33 Å². The minimum Gasteiger partial charge on any atom is -0.265 e. The van der Waals surface area contributed by atoms with Crippen molar-refractivity contribution in [3.05, 3.63) is 49.1 Å². The van der Waals surface area contributed by atoms with Gasteiger partial charge in [0.25, 0.3) is 0 Å². The molecule has 3 heteroatoms. The van der Waals surface area contributed by atoms with Gasteiger partial charge >= 0.3 is 0 Å². The first-order valence-electron chi connectivity index (χ1n) is 6.25. The molecule has 0 N–H and O–H groups in total. The van der Waals surface area contributed by atoms with E-state index in [1.165, 1.54) is 35.7 Å². The van der Waals surface area contributed by atoms with E-state index in [0.29, 0.717) is 0 Å². The third-order valence-corrected chi connectivity index (χ3v) is 2.99. The summed E-state index contributed by atoms with van der Waals surface area (Å²) in [4.78, 5) is 7.91. The summed E-state index contributed by atoms with van der Waals surface area (Å²) in [5.74, 6) is 0. The van der Waals surface area contributed by atoms with E-state index in [2.05, 4.69) is 32.8 Å². The fraction of sp³-hybridized carbons (Fsp3) is 0.333. The van der Waals surface area contributed by atoms with Crippen LogP contribution >= 0.6 is 15.9 Å². The molecule has 0 aliphatic heterocycles. The number of nitrogens with zero attached hydrogens (tertiary/aromatic N) is 2. The molecule has 2 nitrogen and oxygen atoms in total. The number of halogens is 1. The van der Waals surface area contributed by atoms with Gasteiger partial charge in [-0.2, -0.15) is 0 Å². The SMILES string of the molecule is CCCCCBr.c1cc(-c2ccncc2)ccn1. The first-order valence-corrected chi connectivity index (χ1v) is 7.37. The second-order valence-electron chi connectivity index (χ2n) is 3.87. The largest absolute Gasteiger partial charge is 0.265 e. The zero-order chi connectivity index (χ0) is 13.1. The molecule has 0 radical (unpaired) electrons. The molecule has 0 fully saturated rings. The van der Waals surface area contributed by atoms with Crippen molar-refractivity contribution in [3.63, 3.8) is 0 Å². The third kappa shape index (κ3) is 5.92. The van der Waals surface area contributed by atoms with E-state index in [0.717, 1.165) is 0 Å². The fourth-order valence-corrected chi connectivity index (χ4v) is 1.83. The van der Waals surface area contributed by atoms with Crippen molar-refractivity contribution in [2.45, 2.75) is 26.2 Å². The van der Waals surface area contributed by atoms with Crippen LogP contribution in [-0.4, -0.2) is 15.3 Å². The molecule has 2 heterocycles. The minimum absolute atomic E-state index is 1.17. The maximum Gasteiger partial charge on any atom is 0.0273 e. The van der Waals surface area contributed by atoms with Gasteiger partial charge in [0.1, 0.15) is 0 Å². The third-order valence-electron chi connectivity index (χ3n) is 2.43. The maximum atomic E-state index is 3.96. The number of alkyl halides is 1. The summed E-state index contributed by atoms with van der Waals surface area (Å²) in [7, 11) is 0. The summed E-state index contributed by atoms with van der Waals surface area (Å²) in [5, 5.41) is 1.17. The van der Waals surface area contributed by atoms with Crippen molar-refractivity contribution in [3.8, 4) is 11.1 Å². The van der Waals surface area contributed by atoms with Gasteiger partial charge in [0.2, 0.25) is 0 Å². The van der Waals surface area contributed by atoms with Crippen LogP contribution in [0.3, 0.4) is 0 Å². The van der Waals surface area contributed by atoms with E-state index >= 15 is 0 Å². The molecular weight excluding hydrogens is 288 g/mol. The summed E-state index contributed by atoms with van der Waals surface area (Å²) in [5.41, 5.74) is 2.35. The molecule has 2 aromatic heterocycles. The van der Waals surface area contributed by atoms with E-state index in [-0.39, 0.29) is 0 Å². The Labute approximate surface area is 118 Å². The van der Waals surface area contributed by atoms with Gasteiger partial charge in [0.15, 0.2) is 0 Å². The van der Waals surface area contributed by atoms with Gasteiger partial charge in [-0.1, -0.05) is 35.7 Å². The molecule has 0 aromatic carbocycles. The Kier molecular flexibility index (Phi) is 8.06. The van der Waals surface area contributed by atoms with Crippen molar-refractivity contribution in [2.24, 2.45) is 0 Å². The molecule has 0 saturated heterocycles. The van der Waals surface area contributed by atoms with Crippen LogP contribution in [0.15, 0.2) is 49.1 Å². The number of pyridine rings is 2. The van der Waals surface area contributed by atoms with E-state index in [1.807, 2.05) is 24.3 Å². The van der Waals surface area contributed by atoms with Gasteiger partial charge < -0.3 is 0 Å². The highest BCUT2D eigenvalue weighted by Gasteiger charge is 1.92. The Bertz CT molecular complexity index is 362. The average molecular weight is 307 g/mol. The van der Waals surface area contributed by atoms with Crippen LogP contribution in [0.1, 0.15) is 26.2 Å². The van der Waals surface area contributed by atoms with Gasteiger partial charge in [-0.25, -0.2) is 0 Å². The maximum absolute atomic E-state index is 3.96. The lowest BCUT2D eigenvalue weighted by molar-refractivity contribution is 0.781. The second-order valence-corrected chi connectivity index (χ2v) is 4.66. The lowest BCUT2D eigenvalue weighted by Crippen LogP contribution is -1.77. The Morgan fingerprint density at radius 1 is 0.833 bits per heavy atom. The number of rotatable bonds is 4. The van der Waals surface area contributed by atoms with Gasteiger partial charge in [-0.15, -0.1) is 0 Å². The van der Waals surface area contributed by atoms with Crippen molar-refractivity contribution >= 4 is 15.9 Å². The van der Waals surface area contributed by atoms with E-state index < -0.39 is 0 Å². The first kappa shape index (κ1) is 14.8. The van der Waals surface area contributed by atoms with Gasteiger partial charge in [-0.05, 0) is 41.8 Å². The standard InChI is InChI=1S/C10H8N2.C5H11Br/c1-5-11-6-2-9(1)10-3-7-12-8-4-10;1-2-3-4-5-6/h1-8H;2-5H2,1H3. The summed E-state index contributed by atoms with van der Waals surface area (Å²) in [6.45, 7) is 2.21. The van der Waals surface area contributed by atoms with E-state index in [1.54, 1.807) is 24.8 Å². The molecule has 2 aromatic rings. The summed E-state index contributed by atoms with van der Waals surface area (Å²) < 4.78 is 0. The lowest BCUT2D eigenvalue weighted by atomic mass is 10.1. The molecule has 0 atom stereocenters. The Morgan fingerprint density at radius 2 is 1.28 bits per heavy atom. The predicted octanol–water partition coefficient (Wildman–Crippen LogP) is 4.72. The normalized spacial score (nSPS) is 9.44. The van der Waals surface area contributed by atoms with Crippen LogP contribution < -0.4 is 0 Å². The van der Waals surface area contributed by atoms with Crippen molar-refractivity contribution < 1.29 is 0 Å². The van der Waals surface area contributed by atoms with E-state index in [9.17, 15) is 0 Å². The highest BCUT2D eigenvalue weighted by molar-refractivity contribution is 9.09. The molecule has 0 amide bonds. The molecule has 0 aliphatic carbocycles. The Balaban J connectivity index is 0.000000232. The molecule has 18 heavy (non-hydrogen) atoms. The van der Waals surface area contributed by atoms with Crippen LogP contribution in [0.4, 0.5) is 0 Å². The lowest BCUT2D eigenvalue weighted by Gasteiger charge is -1.97. The highest BCUT2D eigenvalue weighted by atomic mass is 79.9. The van der Waals surface area contributed by atoms with Crippen LogP contribution in [0, 0.1) is 0 Å². The summed E-state index contributed by atoms with van der Waals surface area (Å²) >= 11 is 3.35. The Hall–Kier alpha value is -1.22. The van der Waals surface area contributed by atoms with Crippen LogP contribution in [0.25, 0.3) is 11.1 Å². The number of unbranched alkanes of at least 4 members (excludes halogenated alkanes) is 2. The van der Waals surface area contributed by atoms with Crippen LogP contribution in [0.2, 0.25) is 0 Å². The fourth-order valence-electron chi connectivity index (χ4n) is 1.43. The smallest absolute Gasteiger partial charge is 0.0273 e. The molecule has 0 unspecified atom stereocenters.